The molecule has 29 heavy (non-hydrogen) atoms. The summed E-state index contributed by atoms with van der Waals surface area (Å²) in [5.74, 6) is -0.347. The second kappa shape index (κ2) is 7.93. The zero-order valence-corrected chi connectivity index (χ0v) is 15.9. The Kier molecular flexibility index (Phi) is 5.18. The van der Waals surface area contributed by atoms with Crippen molar-refractivity contribution in [2.24, 2.45) is 0 Å². The molecule has 0 atom stereocenters. The van der Waals surface area contributed by atoms with Crippen LogP contribution in [0.15, 0.2) is 66.7 Å². The Balaban J connectivity index is 1.47. The van der Waals surface area contributed by atoms with Crippen LogP contribution < -0.4 is 15.0 Å². The molecule has 146 valence electrons. The molecule has 0 spiro atoms. The van der Waals surface area contributed by atoms with E-state index in [4.69, 9.17) is 16.3 Å². The lowest BCUT2D eigenvalue weighted by Crippen LogP contribution is -2.38. The van der Waals surface area contributed by atoms with Crippen LogP contribution in [-0.2, 0) is 11.3 Å². The molecule has 0 aliphatic carbocycles. The number of halogens is 2. The Morgan fingerprint density at radius 2 is 1.86 bits per heavy atom. The van der Waals surface area contributed by atoms with Gasteiger partial charge >= 0.3 is 0 Å². The van der Waals surface area contributed by atoms with Gasteiger partial charge in [0.15, 0.2) is 6.61 Å². The SMILES string of the molecule is O=C(Nc1ccc(F)c(Cl)c1)c1ccc(CN2C(=O)COc3ccccc32)cc1. The van der Waals surface area contributed by atoms with Crippen molar-refractivity contribution in [1.29, 1.82) is 0 Å². The van der Waals surface area contributed by atoms with Crippen molar-refractivity contribution in [3.8, 4) is 5.75 Å². The Morgan fingerprint density at radius 3 is 2.62 bits per heavy atom. The number of rotatable bonds is 4. The maximum atomic E-state index is 13.2. The van der Waals surface area contributed by atoms with Gasteiger partial charge in [-0.05, 0) is 48.0 Å². The zero-order valence-electron chi connectivity index (χ0n) is 15.2. The molecule has 2 amide bonds. The van der Waals surface area contributed by atoms with Crippen molar-refractivity contribution in [2.75, 3.05) is 16.8 Å². The average molecular weight is 411 g/mol. The van der Waals surface area contributed by atoms with Gasteiger partial charge < -0.3 is 15.0 Å². The fraction of sp³-hybridized carbons (Fsp3) is 0.0909. The van der Waals surface area contributed by atoms with Crippen molar-refractivity contribution < 1.29 is 18.7 Å². The summed E-state index contributed by atoms with van der Waals surface area (Å²) in [5.41, 5.74) is 2.43. The minimum Gasteiger partial charge on any atom is -0.482 e. The van der Waals surface area contributed by atoms with Crippen molar-refractivity contribution in [3.05, 3.63) is 88.7 Å². The fourth-order valence-corrected chi connectivity index (χ4v) is 3.23. The van der Waals surface area contributed by atoms with Crippen LogP contribution in [-0.4, -0.2) is 18.4 Å². The lowest BCUT2D eigenvalue weighted by molar-refractivity contribution is -0.121. The molecule has 1 N–H and O–H groups in total. The molecule has 0 aromatic heterocycles. The Labute approximate surface area is 171 Å². The van der Waals surface area contributed by atoms with E-state index in [1.807, 2.05) is 24.3 Å². The number of amides is 2. The summed E-state index contributed by atoms with van der Waals surface area (Å²) in [4.78, 5) is 26.3. The number of benzene rings is 3. The monoisotopic (exact) mass is 410 g/mol. The summed E-state index contributed by atoms with van der Waals surface area (Å²) in [7, 11) is 0. The van der Waals surface area contributed by atoms with Crippen LogP contribution in [0.1, 0.15) is 15.9 Å². The molecule has 1 heterocycles. The molecule has 3 aromatic rings. The molecular formula is C22H16ClFN2O3. The van der Waals surface area contributed by atoms with E-state index in [1.54, 1.807) is 29.2 Å². The highest BCUT2D eigenvalue weighted by Gasteiger charge is 2.25. The van der Waals surface area contributed by atoms with E-state index < -0.39 is 5.82 Å². The second-order valence-electron chi connectivity index (χ2n) is 6.52. The summed E-state index contributed by atoms with van der Waals surface area (Å²) in [6.45, 7) is 0.367. The third-order valence-electron chi connectivity index (χ3n) is 4.54. The second-order valence-corrected chi connectivity index (χ2v) is 6.92. The van der Waals surface area contributed by atoms with Gasteiger partial charge in [-0.1, -0.05) is 35.9 Å². The number of ether oxygens (including phenoxy) is 1. The zero-order chi connectivity index (χ0) is 20.4. The lowest BCUT2D eigenvalue weighted by atomic mass is 10.1. The first-order valence-corrected chi connectivity index (χ1v) is 9.26. The van der Waals surface area contributed by atoms with Gasteiger partial charge in [0.1, 0.15) is 11.6 Å². The van der Waals surface area contributed by atoms with Crippen molar-refractivity contribution in [1.82, 2.24) is 0 Å². The standard InChI is InChI=1S/C22H16ClFN2O3/c23-17-11-16(9-10-18(17)24)25-22(28)15-7-5-14(6-8-15)12-26-19-3-1-2-4-20(19)29-13-21(26)27/h1-11H,12-13H2,(H,25,28). The topological polar surface area (TPSA) is 58.6 Å². The molecular weight excluding hydrogens is 395 g/mol. The highest BCUT2D eigenvalue weighted by atomic mass is 35.5. The average Bonchev–Trinajstić information content (AvgIpc) is 2.73. The summed E-state index contributed by atoms with van der Waals surface area (Å²) in [5, 5.41) is 2.61. The molecule has 0 fully saturated rings. The van der Waals surface area contributed by atoms with Crippen LogP contribution in [0, 0.1) is 5.82 Å². The molecule has 4 rings (SSSR count). The van der Waals surface area contributed by atoms with Crippen LogP contribution in [0.25, 0.3) is 0 Å². The molecule has 0 radical (unpaired) electrons. The number of hydrogen-bond acceptors (Lipinski definition) is 3. The molecule has 0 saturated carbocycles. The van der Waals surface area contributed by atoms with Gasteiger partial charge in [0, 0.05) is 11.3 Å². The number of para-hydroxylation sites is 2. The first-order chi connectivity index (χ1) is 14.0. The van der Waals surface area contributed by atoms with Gasteiger partial charge in [-0.25, -0.2) is 4.39 Å². The number of carbonyl (C=O) groups is 2. The molecule has 1 aliphatic heterocycles. The van der Waals surface area contributed by atoms with E-state index in [-0.39, 0.29) is 23.4 Å². The first kappa shape index (κ1) is 19.0. The maximum absolute atomic E-state index is 13.2. The van der Waals surface area contributed by atoms with Crippen molar-refractivity contribution in [3.63, 3.8) is 0 Å². The quantitative estimate of drug-likeness (QED) is 0.680. The fourth-order valence-electron chi connectivity index (χ4n) is 3.05. The normalized spacial score (nSPS) is 12.9. The summed E-state index contributed by atoms with van der Waals surface area (Å²) in [6.07, 6.45) is 0. The van der Waals surface area contributed by atoms with E-state index in [1.165, 1.54) is 18.2 Å². The van der Waals surface area contributed by atoms with E-state index in [2.05, 4.69) is 5.32 Å². The number of nitrogens with one attached hydrogen (secondary N) is 1. The predicted octanol–water partition coefficient (Wildman–Crippen LogP) is 4.66. The van der Waals surface area contributed by atoms with Crippen LogP contribution in [0.4, 0.5) is 15.8 Å². The predicted molar refractivity (Wildman–Crippen MR) is 109 cm³/mol. The number of fused-ring (bicyclic) bond motifs is 1. The van der Waals surface area contributed by atoms with E-state index in [0.717, 1.165) is 11.3 Å². The highest BCUT2D eigenvalue weighted by Crippen LogP contribution is 2.32. The smallest absolute Gasteiger partial charge is 0.265 e. The van der Waals surface area contributed by atoms with Gasteiger partial charge in [0.05, 0.1) is 17.3 Å². The van der Waals surface area contributed by atoms with Gasteiger partial charge in [-0.2, -0.15) is 0 Å². The molecule has 7 heteroatoms. The highest BCUT2D eigenvalue weighted by molar-refractivity contribution is 6.31. The lowest BCUT2D eigenvalue weighted by Gasteiger charge is -2.29. The number of anilines is 2. The van der Waals surface area contributed by atoms with Crippen LogP contribution in [0.5, 0.6) is 5.75 Å². The number of carbonyl (C=O) groups excluding carboxylic acids is 2. The van der Waals surface area contributed by atoms with Gasteiger partial charge in [-0.15, -0.1) is 0 Å². The summed E-state index contributed by atoms with van der Waals surface area (Å²) >= 11 is 5.74. The minimum absolute atomic E-state index is 0.00225. The molecule has 1 aliphatic rings. The Hall–Kier alpha value is -3.38. The number of nitrogens with zero attached hydrogens (tertiary/aromatic N) is 1. The van der Waals surface area contributed by atoms with E-state index >= 15 is 0 Å². The molecule has 3 aromatic carbocycles. The summed E-state index contributed by atoms with van der Waals surface area (Å²) in [6, 6.07) is 18.3. The van der Waals surface area contributed by atoms with Gasteiger partial charge in [0.25, 0.3) is 11.8 Å². The van der Waals surface area contributed by atoms with E-state index in [0.29, 0.717) is 23.5 Å². The molecule has 5 nitrogen and oxygen atoms in total. The van der Waals surface area contributed by atoms with Crippen LogP contribution in [0.3, 0.4) is 0 Å². The van der Waals surface area contributed by atoms with Crippen LogP contribution in [0.2, 0.25) is 5.02 Å². The van der Waals surface area contributed by atoms with Gasteiger partial charge in [0.2, 0.25) is 0 Å². The van der Waals surface area contributed by atoms with Crippen LogP contribution >= 0.6 is 11.6 Å². The number of hydrogen-bond donors (Lipinski definition) is 1. The molecule has 0 bridgehead atoms. The maximum Gasteiger partial charge on any atom is 0.265 e. The molecule has 0 unspecified atom stereocenters. The van der Waals surface area contributed by atoms with Crippen molar-refractivity contribution >= 4 is 34.8 Å². The minimum atomic E-state index is -0.548. The van der Waals surface area contributed by atoms with Gasteiger partial charge in [-0.3, -0.25) is 9.59 Å². The third-order valence-corrected chi connectivity index (χ3v) is 4.83. The summed E-state index contributed by atoms with van der Waals surface area (Å²) < 4.78 is 18.7. The first-order valence-electron chi connectivity index (χ1n) is 8.89. The largest absolute Gasteiger partial charge is 0.482 e. The molecule has 0 saturated heterocycles. The Morgan fingerprint density at radius 1 is 1.10 bits per heavy atom. The third kappa shape index (κ3) is 4.07. The Bertz CT molecular complexity index is 1090. The van der Waals surface area contributed by atoms with E-state index in [9.17, 15) is 14.0 Å². The van der Waals surface area contributed by atoms with Crippen molar-refractivity contribution in [2.45, 2.75) is 6.54 Å².